The minimum atomic E-state index is -0.479. The van der Waals surface area contributed by atoms with Crippen molar-refractivity contribution in [3.05, 3.63) is 48.4 Å². The van der Waals surface area contributed by atoms with E-state index in [4.69, 9.17) is 9.15 Å². The Balaban J connectivity index is 2.11. The largest absolute Gasteiger partial charge is 0.417 e. The lowest BCUT2D eigenvalue weighted by Crippen LogP contribution is -2.08. The quantitative estimate of drug-likeness (QED) is 0.677. The van der Waals surface area contributed by atoms with Gasteiger partial charge in [-0.25, -0.2) is 4.79 Å². The maximum absolute atomic E-state index is 11.4. The average Bonchev–Trinajstić information content (AvgIpc) is 2.72. The highest BCUT2D eigenvalue weighted by Crippen LogP contribution is 2.08. The number of oxazole rings is 1. The number of carbonyl (C=O) groups is 1. The summed E-state index contributed by atoms with van der Waals surface area (Å²) in [6, 6.07) is 8.65. The van der Waals surface area contributed by atoms with Crippen molar-refractivity contribution in [2.24, 2.45) is 0 Å². The molecule has 1 aromatic heterocycles. The molecule has 70 valence electrons. The summed E-state index contributed by atoms with van der Waals surface area (Å²) in [6.45, 7) is 0. The molecule has 0 saturated carbocycles. The van der Waals surface area contributed by atoms with Crippen LogP contribution in [0.4, 0.5) is 0 Å². The van der Waals surface area contributed by atoms with Gasteiger partial charge in [0, 0.05) is 0 Å². The Hall–Kier alpha value is -2.10. The SMILES string of the molecule is O=C(Oc1ncco1)c1ccccc1. The summed E-state index contributed by atoms with van der Waals surface area (Å²) < 4.78 is 9.60. The van der Waals surface area contributed by atoms with Crippen LogP contribution in [0.2, 0.25) is 0 Å². The fraction of sp³-hybridized carbons (Fsp3) is 0. The summed E-state index contributed by atoms with van der Waals surface area (Å²) in [5, 5.41) is 0. The van der Waals surface area contributed by atoms with Crippen molar-refractivity contribution >= 4 is 5.97 Å². The Labute approximate surface area is 80.1 Å². The van der Waals surface area contributed by atoms with Crippen LogP contribution in [-0.4, -0.2) is 11.0 Å². The zero-order chi connectivity index (χ0) is 9.80. The van der Waals surface area contributed by atoms with Gasteiger partial charge >= 0.3 is 12.0 Å². The fourth-order valence-corrected chi connectivity index (χ4v) is 0.973. The summed E-state index contributed by atoms with van der Waals surface area (Å²) in [7, 11) is 0. The molecule has 0 atom stereocenters. The number of esters is 1. The van der Waals surface area contributed by atoms with Gasteiger partial charge in [0.15, 0.2) is 0 Å². The summed E-state index contributed by atoms with van der Waals surface area (Å²) in [5.74, 6) is -0.479. The molecule has 0 aliphatic carbocycles. The topological polar surface area (TPSA) is 52.3 Å². The Bertz CT molecular complexity index is 408. The molecule has 0 fully saturated rings. The van der Waals surface area contributed by atoms with E-state index in [1.165, 1.54) is 12.5 Å². The van der Waals surface area contributed by atoms with Crippen molar-refractivity contribution in [3.8, 4) is 6.08 Å². The highest BCUT2D eigenvalue weighted by atomic mass is 16.6. The molecular weight excluding hydrogens is 182 g/mol. The van der Waals surface area contributed by atoms with Gasteiger partial charge in [-0.05, 0) is 12.1 Å². The van der Waals surface area contributed by atoms with Gasteiger partial charge in [0.2, 0.25) is 0 Å². The zero-order valence-electron chi connectivity index (χ0n) is 7.21. The van der Waals surface area contributed by atoms with E-state index >= 15 is 0 Å². The zero-order valence-corrected chi connectivity index (χ0v) is 7.21. The second-order valence-corrected chi connectivity index (χ2v) is 2.55. The smallest absolute Gasteiger partial charge is 0.401 e. The lowest BCUT2D eigenvalue weighted by molar-refractivity contribution is 0.0683. The predicted octanol–water partition coefficient (Wildman–Crippen LogP) is 1.89. The lowest BCUT2D eigenvalue weighted by atomic mass is 10.2. The predicted molar refractivity (Wildman–Crippen MR) is 47.9 cm³/mol. The van der Waals surface area contributed by atoms with Gasteiger partial charge in [0.1, 0.15) is 6.26 Å². The number of nitrogens with zero attached hydrogens (tertiary/aromatic N) is 1. The number of hydrogen-bond acceptors (Lipinski definition) is 4. The Morgan fingerprint density at radius 3 is 2.71 bits per heavy atom. The van der Waals surface area contributed by atoms with Crippen molar-refractivity contribution in [2.75, 3.05) is 0 Å². The third-order valence-corrected chi connectivity index (χ3v) is 1.60. The molecule has 0 aliphatic rings. The highest BCUT2D eigenvalue weighted by Gasteiger charge is 2.09. The second-order valence-electron chi connectivity index (χ2n) is 2.55. The van der Waals surface area contributed by atoms with Gasteiger partial charge in [-0.15, -0.1) is 0 Å². The van der Waals surface area contributed by atoms with Gasteiger partial charge in [-0.2, -0.15) is 4.98 Å². The van der Waals surface area contributed by atoms with Crippen LogP contribution in [0.5, 0.6) is 6.08 Å². The highest BCUT2D eigenvalue weighted by molar-refractivity contribution is 5.90. The molecule has 2 aromatic rings. The minimum absolute atomic E-state index is 0.0427. The molecule has 0 radical (unpaired) electrons. The van der Waals surface area contributed by atoms with Crippen LogP contribution < -0.4 is 4.74 Å². The molecule has 4 nitrogen and oxygen atoms in total. The maximum Gasteiger partial charge on any atom is 0.401 e. The summed E-state index contributed by atoms with van der Waals surface area (Å²) in [5.41, 5.74) is 0.464. The first-order valence-corrected chi connectivity index (χ1v) is 4.03. The summed E-state index contributed by atoms with van der Waals surface area (Å²) in [4.78, 5) is 15.1. The van der Waals surface area contributed by atoms with Crippen molar-refractivity contribution in [1.29, 1.82) is 0 Å². The van der Waals surface area contributed by atoms with Gasteiger partial charge in [-0.1, -0.05) is 18.2 Å². The standard InChI is InChI=1S/C10H7NO3/c12-9(8-4-2-1-3-5-8)14-10-11-6-7-13-10/h1-7H. The lowest BCUT2D eigenvalue weighted by Gasteiger charge is -1.97. The Kier molecular flexibility index (Phi) is 2.27. The third-order valence-electron chi connectivity index (χ3n) is 1.60. The molecule has 0 bridgehead atoms. The maximum atomic E-state index is 11.4. The number of benzene rings is 1. The van der Waals surface area contributed by atoms with E-state index in [9.17, 15) is 4.79 Å². The molecule has 2 rings (SSSR count). The monoisotopic (exact) mass is 189 g/mol. The molecule has 0 unspecified atom stereocenters. The number of carbonyl (C=O) groups excluding carboxylic acids is 1. The first kappa shape index (κ1) is 8.50. The molecule has 0 amide bonds. The molecule has 0 N–H and O–H groups in total. The molecule has 1 heterocycles. The van der Waals surface area contributed by atoms with E-state index in [1.54, 1.807) is 24.3 Å². The van der Waals surface area contributed by atoms with Crippen molar-refractivity contribution < 1.29 is 13.9 Å². The Morgan fingerprint density at radius 1 is 1.29 bits per heavy atom. The molecule has 1 aromatic carbocycles. The van der Waals surface area contributed by atoms with E-state index in [0.717, 1.165) is 0 Å². The van der Waals surface area contributed by atoms with E-state index in [0.29, 0.717) is 5.56 Å². The second kappa shape index (κ2) is 3.74. The van der Waals surface area contributed by atoms with Crippen LogP contribution in [0.25, 0.3) is 0 Å². The van der Waals surface area contributed by atoms with Crippen LogP contribution >= 0.6 is 0 Å². The first-order chi connectivity index (χ1) is 6.86. The van der Waals surface area contributed by atoms with Gasteiger partial charge in [0.05, 0.1) is 11.8 Å². The van der Waals surface area contributed by atoms with Crippen LogP contribution in [0, 0.1) is 0 Å². The van der Waals surface area contributed by atoms with Crippen LogP contribution in [0.15, 0.2) is 47.2 Å². The van der Waals surface area contributed by atoms with E-state index < -0.39 is 5.97 Å². The number of hydrogen-bond donors (Lipinski definition) is 0. The third kappa shape index (κ3) is 1.80. The van der Waals surface area contributed by atoms with Gasteiger partial charge in [0.25, 0.3) is 0 Å². The molecule has 0 aliphatic heterocycles. The number of ether oxygens (including phenoxy) is 1. The average molecular weight is 189 g/mol. The number of aromatic nitrogens is 1. The molecular formula is C10H7NO3. The van der Waals surface area contributed by atoms with Gasteiger partial charge in [-0.3, -0.25) is 0 Å². The van der Waals surface area contributed by atoms with E-state index in [2.05, 4.69) is 4.98 Å². The summed E-state index contributed by atoms with van der Waals surface area (Å²) in [6.07, 6.45) is 2.71. The van der Waals surface area contributed by atoms with Gasteiger partial charge < -0.3 is 9.15 Å². The molecule has 0 saturated heterocycles. The van der Waals surface area contributed by atoms with E-state index in [1.807, 2.05) is 6.07 Å². The molecule has 4 heteroatoms. The molecule has 0 spiro atoms. The first-order valence-electron chi connectivity index (χ1n) is 4.03. The summed E-state index contributed by atoms with van der Waals surface area (Å²) >= 11 is 0. The van der Waals surface area contributed by atoms with Crippen LogP contribution in [0.3, 0.4) is 0 Å². The minimum Gasteiger partial charge on any atom is -0.417 e. The normalized spacial score (nSPS) is 9.71. The van der Waals surface area contributed by atoms with E-state index in [-0.39, 0.29) is 6.08 Å². The van der Waals surface area contributed by atoms with Crippen molar-refractivity contribution in [1.82, 2.24) is 4.98 Å². The fourth-order valence-electron chi connectivity index (χ4n) is 0.973. The Morgan fingerprint density at radius 2 is 2.07 bits per heavy atom. The number of rotatable bonds is 2. The van der Waals surface area contributed by atoms with Crippen LogP contribution in [-0.2, 0) is 0 Å². The van der Waals surface area contributed by atoms with Crippen molar-refractivity contribution in [3.63, 3.8) is 0 Å². The molecule has 14 heavy (non-hydrogen) atoms. The van der Waals surface area contributed by atoms with Crippen molar-refractivity contribution in [2.45, 2.75) is 0 Å². The van der Waals surface area contributed by atoms with Crippen LogP contribution in [0.1, 0.15) is 10.4 Å².